The van der Waals surface area contributed by atoms with Gasteiger partial charge in [-0.1, -0.05) is 26.7 Å². The van der Waals surface area contributed by atoms with Gasteiger partial charge in [0.2, 0.25) is 0 Å². The van der Waals surface area contributed by atoms with Gasteiger partial charge < -0.3 is 4.90 Å². The Kier molecular flexibility index (Phi) is 5.32. The molecule has 84 valence electrons. The molecule has 1 aliphatic rings. The number of nitrogens with zero attached hydrogens (tertiary/aromatic N) is 1. The molecule has 0 saturated heterocycles. The van der Waals surface area contributed by atoms with Crippen LogP contribution in [0, 0.1) is 5.41 Å². The molecule has 0 aromatic carbocycles. The Morgan fingerprint density at radius 1 is 1.29 bits per heavy atom. The quantitative estimate of drug-likeness (QED) is 0.638. The maximum Gasteiger partial charge on any atom is 0.00457 e. The summed E-state index contributed by atoms with van der Waals surface area (Å²) in [6, 6.07) is 0. The number of thiol groups is 1. The smallest absolute Gasteiger partial charge is 0.00457 e. The van der Waals surface area contributed by atoms with E-state index in [0.29, 0.717) is 5.41 Å². The van der Waals surface area contributed by atoms with Gasteiger partial charge in [-0.05, 0) is 43.5 Å². The van der Waals surface area contributed by atoms with Crippen LogP contribution in [0.25, 0.3) is 0 Å². The molecule has 0 amide bonds. The zero-order chi connectivity index (χ0) is 10.4. The highest BCUT2D eigenvalue weighted by Gasteiger charge is 2.36. The van der Waals surface area contributed by atoms with Crippen molar-refractivity contribution in [3.8, 4) is 0 Å². The van der Waals surface area contributed by atoms with Crippen molar-refractivity contribution in [2.75, 3.05) is 25.4 Å². The second-order valence-electron chi connectivity index (χ2n) is 4.73. The number of hydrogen-bond donors (Lipinski definition) is 1. The summed E-state index contributed by atoms with van der Waals surface area (Å²) in [6.07, 6.45) is 6.88. The van der Waals surface area contributed by atoms with Gasteiger partial charge >= 0.3 is 0 Å². The van der Waals surface area contributed by atoms with E-state index in [0.717, 1.165) is 5.75 Å². The average molecular weight is 215 g/mol. The van der Waals surface area contributed by atoms with Crippen LogP contribution < -0.4 is 0 Å². The largest absolute Gasteiger partial charge is 0.303 e. The minimum atomic E-state index is 0.576. The molecule has 0 heterocycles. The Bertz CT molecular complexity index is 149. The van der Waals surface area contributed by atoms with Gasteiger partial charge in [-0.2, -0.15) is 12.6 Å². The molecule has 1 nitrogen and oxygen atoms in total. The van der Waals surface area contributed by atoms with Gasteiger partial charge in [0.1, 0.15) is 0 Å². The molecule has 1 fully saturated rings. The third kappa shape index (κ3) is 3.16. The van der Waals surface area contributed by atoms with E-state index >= 15 is 0 Å². The number of rotatable bonds is 7. The molecule has 0 N–H and O–H groups in total. The Morgan fingerprint density at radius 2 is 2.00 bits per heavy atom. The molecule has 2 heteroatoms. The SMILES string of the molecule is CCCCN(CC)CC1(CS)CCC1. The minimum Gasteiger partial charge on any atom is -0.303 e. The molecule has 14 heavy (non-hydrogen) atoms. The van der Waals surface area contributed by atoms with Crippen molar-refractivity contribution in [3.05, 3.63) is 0 Å². The van der Waals surface area contributed by atoms with Crippen molar-refractivity contribution >= 4 is 12.6 Å². The first-order valence-electron chi connectivity index (χ1n) is 6.09. The second kappa shape index (κ2) is 6.02. The van der Waals surface area contributed by atoms with Gasteiger partial charge in [0.05, 0.1) is 0 Å². The summed E-state index contributed by atoms with van der Waals surface area (Å²) in [4.78, 5) is 2.61. The highest BCUT2D eigenvalue weighted by atomic mass is 32.1. The number of hydrogen-bond acceptors (Lipinski definition) is 2. The van der Waals surface area contributed by atoms with Crippen LogP contribution in [0.2, 0.25) is 0 Å². The Morgan fingerprint density at radius 3 is 2.36 bits per heavy atom. The lowest BCUT2D eigenvalue weighted by Gasteiger charge is -2.44. The highest BCUT2D eigenvalue weighted by Crippen LogP contribution is 2.42. The van der Waals surface area contributed by atoms with Gasteiger partial charge in [0.15, 0.2) is 0 Å². The van der Waals surface area contributed by atoms with Gasteiger partial charge in [0.25, 0.3) is 0 Å². The van der Waals surface area contributed by atoms with Crippen molar-refractivity contribution in [2.24, 2.45) is 5.41 Å². The van der Waals surface area contributed by atoms with Crippen LogP contribution in [0.5, 0.6) is 0 Å². The monoisotopic (exact) mass is 215 g/mol. The summed E-state index contributed by atoms with van der Waals surface area (Å²) in [5.41, 5.74) is 0.576. The molecule has 1 rings (SSSR count). The van der Waals surface area contributed by atoms with Crippen LogP contribution in [0.3, 0.4) is 0 Å². The summed E-state index contributed by atoms with van der Waals surface area (Å²) >= 11 is 4.51. The Balaban J connectivity index is 2.30. The first-order valence-corrected chi connectivity index (χ1v) is 6.73. The van der Waals surface area contributed by atoms with Gasteiger partial charge in [0, 0.05) is 6.54 Å². The maximum atomic E-state index is 4.51. The topological polar surface area (TPSA) is 3.24 Å². The molecule has 0 spiro atoms. The highest BCUT2D eigenvalue weighted by molar-refractivity contribution is 7.80. The summed E-state index contributed by atoms with van der Waals surface area (Å²) in [5, 5.41) is 0. The maximum absolute atomic E-state index is 4.51. The molecule has 0 aliphatic heterocycles. The van der Waals surface area contributed by atoms with Crippen LogP contribution in [-0.4, -0.2) is 30.3 Å². The van der Waals surface area contributed by atoms with E-state index in [2.05, 4.69) is 31.4 Å². The third-order valence-electron chi connectivity index (χ3n) is 3.58. The summed E-state index contributed by atoms with van der Waals surface area (Å²) < 4.78 is 0. The molecule has 0 atom stereocenters. The molecule has 0 bridgehead atoms. The summed E-state index contributed by atoms with van der Waals surface area (Å²) in [7, 11) is 0. The summed E-state index contributed by atoms with van der Waals surface area (Å²) in [6.45, 7) is 8.32. The van der Waals surface area contributed by atoms with E-state index in [-0.39, 0.29) is 0 Å². The van der Waals surface area contributed by atoms with Crippen molar-refractivity contribution in [2.45, 2.75) is 46.0 Å². The van der Waals surface area contributed by atoms with Crippen LogP contribution in [0.1, 0.15) is 46.0 Å². The first kappa shape index (κ1) is 12.4. The van der Waals surface area contributed by atoms with Crippen LogP contribution in [0.15, 0.2) is 0 Å². The predicted molar refractivity (Wildman–Crippen MR) is 67.2 cm³/mol. The zero-order valence-corrected chi connectivity index (χ0v) is 10.7. The molecule has 0 radical (unpaired) electrons. The van der Waals surface area contributed by atoms with E-state index < -0.39 is 0 Å². The lowest BCUT2D eigenvalue weighted by molar-refractivity contribution is 0.0925. The van der Waals surface area contributed by atoms with E-state index in [1.54, 1.807) is 0 Å². The van der Waals surface area contributed by atoms with E-state index in [1.807, 2.05) is 0 Å². The second-order valence-corrected chi connectivity index (χ2v) is 5.05. The summed E-state index contributed by atoms with van der Waals surface area (Å²) in [5.74, 6) is 1.08. The third-order valence-corrected chi connectivity index (χ3v) is 4.25. The molecule has 1 aliphatic carbocycles. The van der Waals surface area contributed by atoms with Crippen LogP contribution in [0.4, 0.5) is 0 Å². The normalized spacial score (nSPS) is 19.7. The average Bonchev–Trinajstić information content (AvgIpc) is 2.16. The lowest BCUT2D eigenvalue weighted by atomic mass is 9.70. The van der Waals surface area contributed by atoms with E-state index in [9.17, 15) is 0 Å². The van der Waals surface area contributed by atoms with Crippen molar-refractivity contribution in [1.82, 2.24) is 4.90 Å². The molecule has 0 aromatic heterocycles. The first-order chi connectivity index (χ1) is 6.76. The van der Waals surface area contributed by atoms with Crippen molar-refractivity contribution in [1.29, 1.82) is 0 Å². The standard InChI is InChI=1S/C12H25NS/c1-3-5-9-13(4-2)10-12(11-14)7-6-8-12/h14H,3-11H2,1-2H3. The van der Waals surface area contributed by atoms with Crippen molar-refractivity contribution in [3.63, 3.8) is 0 Å². The zero-order valence-electron chi connectivity index (χ0n) is 9.76. The van der Waals surface area contributed by atoms with Crippen LogP contribution in [-0.2, 0) is 0 Å². The lowest BCUT2D eigenvalue weighted by Crippen LogP contribution is -2.44. The van der Waals surface area contributed by atoms with E-state index in [1.165, 1.54) is 51.7 Å². The fraction of sp³-hybridized carbons (Fsp3) is 1.00. The van der Waals surface area contributed by atoms with Crippen molar-refractivity contribution < 1.29 is 0 Å². The van der Waals surface area contributed by atoms with Crippen LogP contribution >= 0.6 is 12.6 Å². The fourth-order valence-corrected chi connectivity index (χ4v) is 2.66. The number of unbranched alkanes of at least 4 members (excludes halogenated alkanes) is 1. The Labute approximate surface area is 94.7 Å². The van der Waals surface area contributed by atoms with Gasteiger partial charge in [-0.15, -0.1) is 0 Å². The molecular formula is C12H25NS. The Hall–Kier alpha value is 0.310. The van der Waals surface area contributed by atoms with E-state index in [4.69, 9.17) is 0 Å². The molecule has 1 saturated carbocycles. The fourth-order valence-electron chi connectivity index (χ4n) is 2.25. The predicted octanol–water partition coefficient (Wildman–Crippen LogP) is 3.21. The molecular weight excluding hydrogens is 190 g/mol. The molecule has 0 unspecified atom stereocenters. The van der Waals surface area contributed by atoms with Gasteiger partial charge in [-0.3, -0.25) is 0 Å². The van der Waals surface area contributed by atoms with Gasteiger partial charge in [-0.25, -0.2) is 0 Å². The molecule has 0 aromatic rings. The minimum absolute atomic E-state index is 0.576.